The first-order chi connectivity index (χ1) is 7.22. The van der Waals surface area contributed by atoms with E-state index in [2.05, 4.69) is 4.98 Å². The van der Waals surface area contributed by atoms with Gasteiger partial charge in [0, 0.05) is 17.7 Å². The molecular formula is C11H13NO3. The van der Waals surface area contributed by atoms with E-state index >= 15 is 0 Å². The van der Waals surface area contributed by atoms with Gasteiger partial charge in [-0.25, -0.2) is 4.79 Å². The number of rotatable bonds is 2. The third kappa shape index (κ3) is 1.79. The van der Waals surface area contributed by atoms with Crippen LogP contribution in [0.3, 0.4) is 0 Å². The molecule has 1 N–H and O–H groups in total. The molecule has 0 saturated heterocycles. The van der Waals surface area contributed by atoms with E-state index in [1.165, 1.54) is 0 Å². The number of aromatic amines is 1. The lowest BCUT2D eigenvalue weighted by molar-refractivity contribution is 0.0520. The Hall–Kier alpha value is -1.58. The number of H-pyrrole nitrogens is 1. The molecule has 1 aromatic heterocycles. The van der Waals surface area contributed by atoms with Gasteiger partial charge >= 0.3 is 5.97 Å². The van der Waals surface area contributed by atoms with E-state index in [-0.39, 0.29) is 11.8 Å². The number of carbonyl (C=O) groups excluding carboxylic acids is 2. The number of hydrogen-bond donors (Lipinski definition) is 1. The van der Waals surface area contributed by atoms with Gasteiger partial charge in [0.25, 0.3) is 0 Å². The number of fused-ring (bicyclic) bond motifs is 1. The summed E-state index contributed by atoms with van der Waals surface area (Å²) in [5.41, 5.74) is 1.91. The van der Waals surface area contributed by atoms with Gasteiger partial charge in [0.1, 0.15) is 5.69 Å². The summed E-state index contributed by atoms with van der Waals surface area (Å²) in [7, 11) is 0. The first-order valence-electron chi connectivity index (χ1n) is 5.14. The van der Waals surface area contributed by atoms with Crippen LogP contribution in [0.15, 0.2) is 6.07 Å². The minimum Gasteiger partial charge on any atom is -0.461 e. The fourth-order valence-electron chi connectivity index (χ4n) is 1.82. The van der Waals surface area contributed by atoms with Crippen LogP contribution >= 0.6 is 0 Å². The van der Waals surface area contributed by atoms with Gasteiger partial charge < -0.3 is 9.72 Å². The number of aromatic nitrogens is 1. The molecule has 1 aliphatic rings. The van der Waals surface area contributed by atoms with Crippen molar-refractivity contribution in [2.24, 2.45) is 0 Å². The Labute approximate surface area is 87.6 Å². The van der Waals surface area contributed by atoms with Crippen molar-refractivity contribution >= 4 is 11.8 Å². The van der Waals surface area contributed by atoms with E-state index in [0.717, 1.165) is 18.5 Å². The number of aryl methyl sites for hydroxylation is 1. The van der Waals surface area contributed by atoms with Crippen LogP contribution in [0.5, 0.6) is 0 Å². The van der Waals surface area contributed by atoms with Crippen molar-refractivity contribution in [2.75, 3.05) is 6.61 Å². The molecule has 2 rings (SSSR count). The van der Waals surface area contributed by atoms with Gasteiger partial charge in [-0.05, 0) is 25.8 Å². The maximum Gasteiger partial charge on any atom is 0.354 e. The summed E-state index contributed by atoms with van der Waals surface area (Å²) in [5.74, 6) is -0.275. The van der Waals surface area contributed by atoms with E-state index in [9.17, 15) is 9.59 Å². The molecule has 80 valence electrons. The van der Waals surface area contributed by atoms with Crippen LogP contribution in [0, 0.1) is 0 Å². The Morgan fingerprint density at radius 3 is 3.00 bits per heavy atom. The minimum atomic E-state index is -0.389. The zero-order valence-corrected chi connectivity index (χ0v) is 8.63. The molecule has 15 heavy (non-hydrogen) atoms. The van der Waals surface area contributed by atoms with E-state index in [1.54, 1.807) is 13.0 Å². The predicted molar refractivity (Wildman–Crippen MR) is 54.0 cm³/mol. The van der Waals surface area contributed by atoms with Crippen LogP contribution < -0.4 is 0 Å². The minimum absolute atomic E-state index is 0.114. The summed E-state index contributed by atoms with van der Waals surface area (Å²) in [4.78, 5) is 25.9. The van der Waals surface area contributed by atoms with Crippen LogP contribution in [0.25, 0.3) is 0 Å². The van der Waals surface area contributed by atoms with Gasteiger partial charge in [-0.1, -0.05) is 0 Å². The number of nitrogens with one attached hydrogen (secondary N) is 1. The zero-order chi connectivity index (χ0) is 10.8. The molecule has 1 aromatic rings. The molecule has 0 fully saturated rings. The molecule has 0 bridgehead atoms. The molecular weight excluding hydrogens is 194 g/mol. The first-order valence-corrected chi connectivity index (χ1v) is 5.14. The largest absolute Gasteiger partial charge is 0.461 e. The van der Waals surface area contributed by atoms with E-state index in [1.807, 2.05) is 0 Å². The van der Waals surface area contributed by atoms with Crippen LogP contribution in [0.1, 0.15) is 46.3 Å². The van der Waals surface area contributed by atoms with E-state index < -0.39 is 0 Å². The Kier molecular flexibility index (Phi) is 2.58. The Balaban J connectivity index is 2.29. The van der Waals surface area contributed by atoms with Crippen LogP contribution in [-0.4, -0.2) is 23.3 Å². The molecule has 4 heteroatoms. The molecule has 0 aliphatic heterocycles. The summed E-state index contributed by atoms with van der Waals surface area (Å²) in [6.07, 6.45) is 2.27. The summed E-state index contributed by atoms with van der Waals surface area (Å²) in [6, 6.07) is 1.61. The molecule has 0 spiro atoms. The van der Waals surface area contributed by atoms with Crippen molar-refractivity contribution in [1.29, 1.82) is 0 Å². The van der Waals surface area contributed by atoms with Crippen molar-refractivity contribution in [3.63, 3.8) is 0 Å². The molecule has 0 amide bonds. The second-order valence-corrected chi connectivity index (χ2v) is 3.57. The van der Waals surface area contributed by atoms with Crippen molar-refractivity contribution in [3.05, 3.63) is 23.0 Å². The normalized spacial score (nSPS) is 14.9. The van der Waals surface area contributed by atoms with Crippen molar-refractivity contribution in [2.45, 2.75) is 26.2 Å². The predicted octanol–water partition coefficient (Wildman–Crippen LogP) is 1.71. The van der Waals surface area contributed by atoms with Gasteiger partial charge in [-0.3, -0.25) is 4.79 Å². The SMILES string of the molecule is CCOC(=O)c1cc2c([nH]1)CCCC2=O. The summed E-state index contributed by atoms with van der Waals surface area (Å²) in [5, 5.41) is 0. The number of esters is 1. The van der Waals surface area contributed by atoms with Crippen molar-refractivity contribution in [1.82, 2.24) is 4.98 Å². The summed E-state index contributed by atoms with van der Waals surface area (Å²) >= 11 is 0. The van der Waals surface area contributed by atoms with Crippen LogP contribution in [0.2, 0.25) is 0 Å². The van der Waals surface area contributed by atoms with E-state index in [4.69, 9.17) is 4.74 Å². The highest BCUT2D eigenvalue weighted by molar-refractivity contribution is 6.01. The fourth-order valence-corrected chi connectivity index (χ4v) is 1.82. The van der Waals surface area contributed by atoms with Crippen LogP contribution in [0.4, 0.5) is 0 Å². The lowest BCUT2D eigenvalue weighted by Crippen LogP contribution is -2.08. The standard InChI is InChI=1S/C11H13NO3/c1-2-15-11(14)9-6-7-8(12-9)4-3-5-10(7)13/h6,12H,2-5H2,1H3. The number of ether oxygens (including phenoxy) is 1. The van der Waals surface area contributed by atoms with Gasteiger partial charge in [0.05, 0.1) is 6.61 Å². The average Bonchev–Trinajstić information content (AvgIpc) is 2.63. The third-order valence-corrected chi connectivity index (χ3v) is 2.53. The van der Waals surface area contributed by atoms with Crippen molar-refractivity contribution in [3.8, 4) is 0 Å². The number of ketones is 1. The molecule has 0 atom stereocenters. The lowest BCUT2D eigenvalue weighted by atomic mass is 9.97. The van der Waals surface area contributed by atoms with Gasteiger partial charge in [-0.15, -0.1) is 0 Å². The van der Waals surface area contributed by atoms with Crippen LogP contribution in [-0.2, 0) is 11.2 Å². The maximum absolute atomic E-state index is 11.5. The molecule has 0 radical (unpaired) electrons. The monoisotopic (exact) mass is 207 g/mol. The fraction of sp³-hybridized carbons (Fsp3) is 0.455. The summed E-state index contributed by atoms with van der Waals surface area (Å²) in [6.45, 7) is 2.10. The van der Waals surface area contributed by atoms with E-state index in [0.29, 0.717) is 24.3 Å². The smallest absolute Gasteiger partial charge is 0.354 e. The Morgan fingerprint density at radius 2 is 2.33 bits per heavy atom. The zero-order valence-electron chi connectivity index (χ0n) is 8.63. The van der Waals surface area contributed by atoms with Gasteiger partial charge in [-0.2, -0.15) is 0 Å². The molecule has 0 aromatic carbocycles. The quantitative estimate of drug-likeness (QED) is 0.751. The molecule has 4 nitrogen and oxygen atoms in total. The number of hydrogen-bond acceptors (Lipinski definition) is 3. The second-order valence-electron chi connectivity index (χ2n) is 3.57. The first kappa shape index (κ1) is 9.96. The second kappa shape index (κ2) is 3.88. The topological polar surface area (TPSA) is 59.2 Å². The maximum atomic E-state index is 11.5. The number of carbonyl (C=O) groups is 2. The highest BCUT2D eigenvalue weighted by Crippen LogP contribution is 2.21. The summed E-state index contributed by atoms with van der Waals surface area (Å²) < 4.78 is 4.86. The highest BCUT2D eigenvalue weighted by Gasteiger charge is 2.22. The number of Topliss-reactive ketones (excluding diaryl/α,β-unsaturated/α-hetero) is 1. The molecule has 0 saturated carbocycles. The molecule has 1 aliphatic carbocycles. The molecule has 1 heterocycles. The highest BCUT2D eigenvalue weighted by atomic mass is 16.5. The Morgan fingerprint density at radius 1 is 1.53 bits per heavy atom. The Bertz CT molecular complexity index is 406. The van der Waals surface area contributed by atoms with Gasteiger partial charge in [0.2, 0.25) is 0 Å². The third-order valence-electron chi connectivity index (χ3n) is 2.53. The van der Waals surface area contributed by atoms with Gasteiger partial charge in [0.15, 0.2) is 5.78 Å². The average molecular weight is 207 g/mol. The lowest BCUT2D eigenvalue weighted by Gasteiger charge is -2.08. The molecule has 0 unspecified atom stereocenters. The van der Waals surface area contributed by atoms with Crippen molar-refractivity contribution < 1.29 is 14.3 Å².